The number of likely N-dealkylation sites (N-methyl/N-ethyl adjacent to an activating group) is 1. The van der Waals surface area contributed by atoms with Gasteiger partial charge in [-0.25, -0.2) is 4.68 Å². The van der Waals surface area contributed by atoms with Crippen molar-refractivity contribution in [2.45, 2.75) is 12.8 Å². The van der Waals surface area contributed by atoms with Gasteiger partial charge in [0.25, 0.3) is 0 Å². The van der Waals surface area contributed by atoms with E-state index < -0.39 is 0 Å². The Morgan fingerprint density at radius 1 is 1.04 bits per heavy atom. The molecule has 0 amide bonds. The van der Waals surface area contributed by atoms with Crippen LogP contribution in [0.2, 0.25) is 0 Å². The first-order chi connectivity index (χ1) is 11.8. The van der Waals surface area contributed by atoms with Crippen LogP contribution in [-0.4, -0.2) is 47.9 Å². The van der Waals surface area contributed by atoms with Crippen molar-refractivity contribution < 1.29 is 0 Å². The van der Waals surface area contributed by atoms with E-state index in [1.165, 1.54) is 23.0 Å². The summed E-state index contributed by atoms with van der Waals surface area (Å²) in [5.41, 5.74) is 2.58. The molecule has 5 rings (SSSR count). The molecule has 2 aliphatic carbocycles. The largest absolute Gasteiger partial charge is 0.352 e. The van der Waals surface area contributed by atoms with E-state index in [1.807, 2.05) is 0 Å². The van der Waals surface area contributed by atoms with E-state index in [0.29, 0.717) is 0 Å². The Hall–Kier alpha value is -2.07. The number of nitrogens with zero attached hydrogens (tertiary/aromatic N) is 4. The lowest BCUT2D eigenvalue weighted by molar-refractivity contribution is 0.312. The molecular formula is C20H24N4. The topological polar surface area (TPSA) is 24.3 Å². The number of fused-ring (bicyclic) bond motifs is 2. The van der Waals surface area contributed by atoms with Crippen molar-refractivity contribution in [3.8, 4) is 0 Å². The van der Waals surface area contributed by atoms with Crippen molar-refractivity contribution in [1.82, 2.24) is 14.7 Å². The lowest BCUT2D eigenvalue weighted by Gasteiger charge is -2.32. The Kier molecular flexibility index (Phi) is 3.27. The predicted octanol–water partition coefficient (Wildman–Crippen LogP) is 3.23. The molecule has 1 aliphatic heterocycles. The van der Waals surface area contributed by atoms with Crippen molar-refractivity contribution in [3.05, 3.63) is 42.5 Å². The monoisotopic (exact) mass is 320 g/mol. The van der Waals surface area contributed by atoms with E-state index in [1.54, 1.807) is 0 Å². The number of hydrogen-bond acceptors (Lipinski definition) is 3. The molecule has 0 N–H and O–H groups in total. The second-order valence-electron chi connectivity index (χ2n) is 7.40. The summed E-state index contributed by atoms with van der Waals surface area (Å²) in [6.45, 7) is 4.33. The van der Waals surface area contributed by atoms with Crippen molar-refractivity contribution >= 4 is 22.4 Å². The van der Waals surface area contributed by atoms with Gasteiger partial charge in [0.05, 0.1) is 5.52 Å². The molecule has 4 heteroatoms. The van der Waals surface area contributed by atoms with Gasteiger partial charge < -0.3 is 9.80 Å². The summed E-state index contributed by atoms with van der Waals surface area (Å²) in [7, 11) is 2.20. The summed E-state index contributed by atoms with van der Waals surface area (Å²) in [5.74, 6) is 2.66. The van der Waals surface area contributed by atoms with Gasteiger partial charge in [0, 0.05) is 43.7 Å². The number of hydrogen-bond donors (Lipinski definition) is 0. The molecule has 3 aliphatic rings. The highest BCUT2D eigenvalue weighted by Crippen LogP contribution is 2.44. The van der Waals surface area contributed by atoms with Crippen LogP contribution in [0.4, 0.5) is 5.82 Å². The fourth-order valence-corrected chi connectivity index (χ4v) is 4.01. The SMILES string of the molecule is CN1CCN(c2nn(C3=CC4CC4C=CC3)c3ccccc23)CC1. The third kappa shape index (κ3) is 2.37. The van der Waals surface area contributed by atoms with E-state index in [0.717, 1.165) is 50.3 Å². The van der Waals surface area contributed by atoms with Crippen LogP contribution in [0.15, 0.2) is 42.5 Å². The maximum Gasteiger partial charge on any atom is 0.159 e. The zero-order chi connectivity index (χ0) is 16.1. The Morgan fingerprint density at radius 2 is 1.88 bits per heavy atom. The van der Waals surface area contributed by atoms with Gasteiger partial charge in [-0.15, -0.1) is 5.10 Å². The van der Waals surface area contributed by atoms with Gasteiger partial charge in [0.2, 0.25) is 0 Å². The van der Waals surface area contributed by atoms with Gasteiger partial charge in [-0.1, -0.05) is 30.4 Å². The van der Waals surface area contributed by atoms with Crippen molar-refractivity contribution in [2.75, 3.05) is 38.1 Å². The van der Waals surface area contributed by atoms with Gasteiger partial charge >= 0.3 is 0 Å². The number of anilines is 1. The number of para-hydroxylation sites is 1. The first-order valence-corrected chi connectivity index (χ1v) is 9.08. The zero-order valence-electron chi connectivity index (χ0n) is 14.2. The molecule has 1 saturated heterocycles. The number of rotatable bonds is 2. The second kappa shape index (κ2) is 5.49. The first kappa shape index (κ1) is 14.3. The van der Waals surface area contributed by atoms with Crippen LogP contribution in [0.1, 0.15) is 12.8 Å². The number of allylic oxidation sites excluding steroid dienone is 4. The molecule has 24 heavy (non-hydrogen) atoms. The molecule has 2 aromatic rings. The highest BCUT2D eigenvalue weighted by Gasteiger charge is 2.34. The summed E-state index contributed by atoms with van der Waals surface area (Å²) in [6, 6.07) is 8.69. The molecule has 1 aromatic heterocycles. The Morgan fingerprint density at radius 3 is 2.75 bits per heavy atom. The van der Waals surface area contributed by atoms with E-state index in [2.05, 4.69) is 64.0 Å². The summed E-state index contributed by atoms with van der Waals surface area (Å²) in [6.07, 6.45) is 9.47. The summed E-state index contributed by atoms with van der Waals surface area (Å²) in [4.78, 5) is 4.84. The minimum absolute atomic E-state index is 0.730. The third-order valence-corrected chi connectivity index (χ3v) is 5.65. The second-order valence-corrected chi connectivity index (χ2v) is 7.40. The number of aromatic nitrogens is 2. The Bertz CT molecular complexity index is 823. The van der Waals surface area contributed by atoms with Crippen LogP contribution in [-0.2, 0) is 0 Å². The predicted molar refractivity (Wildman–Crippen MR) is 99.1 cm³/mol. The summed E-state index contributed by atoms with van der Waals surface area (Å²) >= 11 is 0. The van der Waals surface area contributed by atoms with Crippen LogP contribution < -0.4 is 4.90 Å². The minimum atomic E-state index is 0.730. The highest BCUT2D eigenvalue weighted by atomic mass is 15.4. The Balaban J connectivity index is 1.58. The molecule has 0 radical (unpaired) electrons. The lowest BCUT2D eigenvalue weighted by atomic mass is 10.2. The van der Waals surface area contributed by atoms with Crippen LogP contribution in [0.3, 0.4) is 0 Å². The molecule has 124 valence electrons. The van der Waals surface area contributed by atoms with Crippen LogP contribution in [0.25, 0.3) is 16.6 Å². The maximum absolute atomic E-state index is 5.08. The van der Waals surface area contributed by atoms with Crippen LogP contribution in [0, 0.1) is 11.8 Å². The minimum Gasteiger partial charge on any atom is -0.352 e. The standard InChI is InChI=1S/C20H24N4/c1-22-9-11-23(12-10-22)20-18-7-2-3-8-19(18)24(21-20)17-6-4-5-15-13-16(15)14-17/h2-5,7-8,14-16H,6,9-13H2,1H3. The number of piperazine rings is 1. The van der Waals surface area contributed by atoms with Crippen molar-refractivity contribution in [1.29, 1.82) is 0 Å². The Labute approximate surface area is 143 Å². The van der Waals surface area contributed by atoms with Gasteiger partial charge in [-0.3, -0.25) is 0 Å². The van der Waals surface area contributed by atoms with Crippen molar-refractivity contribution in [2.24, 2.45) is 11.8 Å². The molecule has 2 fully saturated rings. The highest BCUT2D eigenvalue weighted by molar-refractivity contribution is 5.92. The fraction of sp³-hybridized carbons (Fsp3) is 0.450. The molecule has 0 bridgehead atoms. The zero-order valence-corrected chi connectivity index (χ0v) is 14.2. The average molecular weight is 320 g/mol. The van der Waals surface area contributed by atoms with Gasteiger partial charge in [-0.2, -0.15) is 0 Å². The fourth-order valence-electron chi connectivity index (χ4n) is 4.01. The van der Waals surface area contributed by atoms with Gasteiger partial charge in [0.15, 0.2) is 5.82 Å². The number of benzene rings is 1. The normalized spacial score (nSPS) is 27.0. The lowest BCUT2D eigenvalue weighted by Crippen LogP contribution is -2.44. The molecule has 1 saturated carbocycles. The van der Waals surface area contributed by atoms with E-state index in [4.69, 9.17) is 5.10 Å². The van der Waals surface area contributed by atoms with Crippen molar-refractivity contribution in [3.63, 3.8) is 0 Å². The average Bonchev–Trinajstić information content (AvgIpc) is 3.27. The smallest absolute Gasteiger partial charge is 0.159 e. The van der Waals surface area contributed by atoms with Gasteiger partial charge in [0.1, 0.15) is 0 Å². The molecule has 4 nitrogen and oxygen atoms in total. The van der Waals surface area contributed by atoms with Crippen LogP contribution >= 0.6 is 0 Å². The molecule has 2 atom stereocenters. The first-order valence-electron chi connectivity index (χ1n) is 9.08. The molecule has 2 unspecified atom stereocenters. The van der Waals surface area contributed by atoms with E-state index in [-0.39, 0.29) is 0 Å². The summed E-state index contributed by atoms with van der Waals surface area (Å²) < 4.78 is 2.20. The van der Waals surface area contributed by atoms with E-state index in [9.17, 15) is 0 Å². The summed E-state index contributed by atoms with van der Waals surface area (Å²) in [5, 5.41) is 6.36. The maximum atomic E-state index is 5.08. The molecule has 1 aromatic carbocycles. The third-order valence-electron chi connectivity index (χ3n) is 5.65. The van der Waals surface area contributed by atoms with Gasteiger partial charge in [-0.05, 0) is 37.4 Å². The van der Waals surface area contributed by atoms with E-state index >= 15 is 0 Å². The quantitative estimate of drug-likeness (QED) is 0.794. The molecule has 2 heterocycles. The molecular weight excluding hydrogens is 296 g/mol. The van der Waals surface area contributed by atoms with Crippen LogP contribution in [0.5, 0.6) is 0 Å². The molecule has 0 spiro atoms.